The zero-order valence-corrected chi connectivity index (χ0v) is 11.9. The maximum Gasteiger partial charge on any atom is 0.241 e. The van der Waals surface area contributed by atoms with Crippen LogP contribution in [0.2, 0.25) is 0 Å². The number of rotatable bonds is 3. The number of ether oxygens (including phenoxy) is 1. The molecule has 1 fully saturated rings. The van der Waals surface area contributed by atoms with Gasteiger partial charge < -0.3 is 9.26 Å². The van der Waals surface area contributed by atoms with E-state index in [-0.39, 0.29) is 6.10 Å². The van der Waals surface area contributed by atoms with Crippen LogP contribution in [-0.4, -0.2) is 40.3 Å². The second kappa shape index (κ2) is 5.40. The Balaban J connectivity index is 1.70. The normalized spacial score (nSPS) is 24.7. The highest BCUT2D eigenvalue weighted by Gasteiger charge is 2.25. The predicted molar refractivity (Wildman–Crippen MR) is 72.9 cm³/mol. The number of nitrogens with zero attached hydrogens (tertiary/aromatic N) is 3. The van der Waals surface area contributed by atoms with Gasteiger partial charge in [0.25, 0.3) is 0 Å². The quantitative estimate of drug-likeness (QED) is 0.863. The molecule has 6 heteroatoms. The maximum absolute atomic E-state index is 5.62. The lowest BCUT2D eigenvalue weighted by atomic mass is 10.2. The van der Waals surface area contributed by atoms with Gasteiger partial charge in [-0.1, -0.05) is 5.16 Å². The van der Waals surface area contributed by atoms with Gasteiger partial charge in [0.15, 0.2) is 0 Å². The van der Waals surface area contributed by atoms with E-state index in [1.54, 1.807) is 11.3 Å². The van der Waals surface area contributed by atoms with Gasteiger partial charge in [0.1, 0.15) is 0 Å². The van der Waals surface area contributed by atoms with Gasteiger partial charge in [-0.2, -0.15) is 16.3 Å². The molecule has 0 radical (unpaired) electrons. The molecule has 0 saturated carbocycles. The molecule has 0 aromatic carbocycles. The Hall–Kier alpha value is -1.24. The van der Waals surface area contributed by atoms with Crippen LogP contribution in [0.15, 0.2) is 21.3 Å². The number of morpholine rings is 1. The van der Waals surface area contributed by atoms with Crippen LogP contribution in [0.3, 0.4) is 0 Å². The van der Waals surface area contributed by atoms with Crippen molar-refractivity contribution in [2.24, 2.45) is 0 Å². The molecule has 19 heavy (non-hydrogen) atoms. The van der Waals surface area contributed by atoms with E-state index in [2.05, 4.69) is 28.9 Å². The summed E-state index contributed by atoms with van der Waals surface area (Å²) in [7, 11) is 0. The number of hydrogen-bond acceptors (Lipinski definition) is 6. The summed E-state index contributed by atoms with van der Waals surface area (Å²) in [4.78, 5) is 6.77. The van der Waals surface area contributed by atoms with Crippen LogP contribution >= 0.6 is 11.3 Å². The van der Waals surface area contributed by atoms with E-state index in [0.717, 1.165) is 18.7 Å². The minimum Gasteiger partial charge on any atom is -0.376 e. The van der Waals surface area contributed by atoms with Crippen LogP contribution in [0.4, 0.5) is 0 Å². The van der Waals surface area contributed by atoms with E-state index in [0.29, 0.717) is 24.3 Å². The molecule has 1 saturated heterocycles. The Morgan fingerprint density at radius 2 is 2.37 bits per heavy atom. The molecular formula is C13H17N3O2S. The lowest BCUT2D eigenvalue weighted by Gasteiger charge is -2.35. The van der Waals surface area contributed by atoms with Crippen molar-refractivity contribution >= 4 is 11.3 Å². The molecule has 0 bridgehead atoms. The fraction of sp³-hybridized carbons (Fsp3) is 0.538. The molecule has 5 nitrogen and oxygen atoms in total. The van der Waals surface area contributed by atoms with Gasteiger partial charge in [-0.25, -0.2) is 0 Å². The van der Waals surface area contributed by atoms with E-state index in [9.17, 15) is 0 Å². The highest BCUT2D eigenvalue weighted by atomic mass is 32.1. The van der Waals surface area contributed by atoms with Crippen molar-refractivity contribution in [2.75, 3.05) is 13.2 Å². The van der Waals surface area contributed by atoms with E-state index < -0.39 is 0 Å². The molecular weight excluding hydrogens is 262 g/mol. The largest absolute Gasteiger partial charge is 0.376 e. The van der Waals surface area contributed by atoms with Crippen LogP contribution in [0.5, 0.6) is 0 Å². The van der Waals surface area contributed by atoms with Gasteiger partial charge in [0.05, 0.1) is 19.3 Å². The Labute approximate surface area is 116 Å². The summed E-state index contributed by atoms with van der Waals surface area (Å²) >= 11 is 1.63. The molecule has 1 aliphatic rings. The van der Waals surface area contributed by atoms with Crippen molar-refractivity contribution in [3.05, 3.63) is 22.7 Å². The maximum atomic E-state index is 5.62. The Morgan fingerprint density at radius 1 is 1.47 bits per heavy atom. The second-order valence-corrected chi connectivity index (χ2v) is 5.73. The monoisotopic (exact) mass is 279 g/mol. The fourth-order valence-electron chi connectivity index (χ4n) is 2.19. The van der Waals surface area contributed by atoms with E-state index in [4.69, 9.17) is 9.26 Å². The van der Waals surface area contributed by atoms with Crippen LogP contribution in [-0.2, 0) is 11.3 Å². The summed E-state index contributed by atoms with van der Waals surface area (Å²) < 4.78 is 11.0. The summed E-state index contributed by atoms with van der Waals surface area (Å²) in [5.41, 5.74) is 1.02. The molecule has 1 aliphatic heterocycles. The summed E-state index contributed by atoms with van der Waals surface area (Å²) in [6, 6.07) is 2.38. The van der Waals surface area contributed by atoms with Gasteiger partial charge in [-0.3, -0.25) is 4.90 Å². The van der Waals surface area contributed by atoms with Gasteiger partial charge in [-0.15, -0.1) is 0 Å². The molecule has 2 unspecified atom stereocenters. The minimum absolute atomic E-state index is 0.260. The molecule has 2 aromatic heterocycles. The first kappa shape index (κ1) is 12.8. The number of hydrogen-bond donors (Lipinski definition) is 0. The number of aromatic nitrogens is 2. The Morgan fingerprint density at radius 3 is 3.16 bits per heavy atom. The number of thiophene rings is 1. The molecule has 0 spiro atoms. The molecule has 2 aromatic rings. The van der Waals surface area contributed by atoms with E-state index in [1.807, 2.05) is 16.8 Å². The third-order valence-electron chi connectivity index (χ3n) is 3.32. The fourth-order valence-corrected chi connectivity index (χ4v) is 2.83. The van der Waals surface area contributed by atoms with Crippen LogP contribution < -0.4 is 0 Å². The first-order chi connectivity index (χ1) is 9.22. The summed E-state index contributed by atoms with van der Waals surface area (Å²) in [5, 5.41) is 8.06. The molecule has 102 valence electrons. The highest BCUT2D eigenvalue weighted by Crippen LogP contribution is 2.20. The highest BCUT2D eigenvalue weighted by molar-refractivity contribution is 7.08. The third-order valence-corrected chi connectivity index (χ3v) is 4.01. The summed E-state index contributed by atoms with van der Waals surface area (Å²) in [6.07, 6.45) is 0.260. The first-order valence-corrected chi connectivity index (χ1v) is 7.37. The Kier molecular flexibility index (Phi) is 3.63. The molecule has 2 atom stereocenters. The van der Waals surface area contributed by atoms with Crippen LogP contribution in [0.25, 0.3) is 11.4 Å². The SMILES string of the molecule is CC1CN(Cc2nc(-c3ccsc3)no2)C(C)CO1. The van der Waals surface area contributed by atoms with Gasteiger partial charge in [0, 0.05) is 23.5 Å². The van der Waals surface area contributed by atoms with Crippen LogP contribution in [0, 0.1) is 0 Å². The first-order valence-electron chi connectivity index (χ1n) is 6.43. The average molecular weight is 279 g/mol. The molecule has 3 rings (SSSR count). The molecule has 0 amide bonds. The van der Waals surface area contributed by atoms with Crippen molar-refractivity contribution in [3.8, 4) is 11.4 Å². The van der Waals surface area contributed by atoms with Crippen molar-refractivity contribution in [3.63, 3.8) is 0 Å². The molecule has 0 aliphatic carbocycles. The summed E-state index contributed by atoms with van der Waals surface area (Å²) in [6.45, 7) is 6.58. The smallest absolute Gasteiger partial charge is 0.241 e. The molecule has 3 heterocycles. The van der Waals surface area contributed by atoms with Crippen molar-refractivity contribution in [1.82, 2.24) is 15.0 Å². The van der Waals surface area contributed by atoms with E-state index in [1.165, 1.54) is 0 Å². The van der Waals surface area contributed by atoms with Crippen molar-refractivity contribution < 1.29 is 9.26 Å². The van der Waals surface area contributed by atoms with Crippen molar-refractivity contribution in [2.45, 2.75) is 32.5 Å². The topological polar surface area (TPSA) is 51.4 Å². The van der Waals surface area contributed by atoms with Gasteiger partial charge in [-0.05, 0) is 25.3 Å². The zero-order chi connectivity index (χ0) is 13.2. The van der Waals surface area contributed by atoms with Gasteiger partial charge in [0.2, 0.25) is 11.7 Å². The Bertz CT molecular complexity index is 526. The van der Waals surface area contributed by atoms with E-state index >= 15 is 0 Å². The minimum atomic E-state index is 0.260. The van der Waals surface area contributed by atoms with Gasteiger partial charge >= 0.3 is 0 Å². The zero-order valence-electron chi connectivity index (χ0n) is 11.1. The lowest BCUT2D eigenvalue weighted by Crippen LogP contribution is -2.46. The lowest BCUT2D eigenvalue weighted by molar-refractivity contribution is -0.0555. The third kappa shape index (κ3) is 2.86. The second-order valence-electron chi connectivity index (χ2n) is 4.95. The standard InChI is InChI=1S/C13H17N3O2S/c1-9-7-17-10(2)5-16(9)6-12-14-13(15-18-12)11-3-4-19-8-11/h3-4,8-10H,5-7H2,1-2H3. The summed E-state index contributed by atoms with van der Waals surface area (Å²) in [5.74, 6) is 1.34. The van der Waals surface area contributed by atoms with Crippen LogP contribution in [0.1, 0.15) is 19.7 Å². The predicted octanol–water partition coefficient (Wildman–Crippen LogP) is 2.41. The molecule has 0 N–H and O–H groups in total. The van der Waals surface area contributed by atoms with Crippen molar-refractivity contribution in [1.29, 1.82) is 0 Å². The average Bonchev–Trinajstić information content (AvgIpc) is 3.04.